The Morgan fingerprint density at radius 1 is 0.172 bits per heavy atom. The molecule has 0 atom stereocenters. The van der Waals surface area contributed by atoms with E-state index in [1.54, 1.807) is 0 Å². The Hall–Kier alpha value is -5.04. The van der Waals surface area contributed by atoms with E-state index < -0.39 is 66.6 Å². The molecule has 122 heavy (non-hydrogen) atoms. The number of carboxylic acids is 4. The molecule has 0 rings (SSSR count). The molecule has 0 radical (unpaired) electrons. The van der Waals surface area contributed by atoms with E-state index in [4.69, 9.17) is 128 Å². The molecule has 0 aromatic carbocycles. The highest BCUT2D eigenvalue weighted by Crippen LogP contribution is 2.13. The molecule has 0 aromatic heterocycles. The fourth-order valence-corrected chi connectivity index (χ4v) is 8.75. The molecule has 0 aliphatic heterocycles. The Morgan fingerprint density at radius 3 is 0.377 bits per heavy atom. The molecule has 730 valence electrons. The number of aliphatic carboxylic acids is 4. The molecule has 0 saturated carbocycles. The van der Waals surface area contributed by atoms with Gasteiger partial charge in [0.05, 0.1) is 92.5 Å². The van der Waals surface area contributed by atoms with Crippen molar-refractivity contribution >= 4 is 23.9 Å². The van der Waals surface area contributed by atoms with Gasteiger partial charge in [0.2, 0.25) is 0 Å². The zero-order chi connectivity index (χ0) is 94.5. The predicted molar refractivity (Wildman–Crippen MR) is 489 cm³/mol. The Bertz CT molecular complexity index is 1810. The van der Waals surface area contributed by atoms with Crippen LogP contribution in [0.3, 0.4) is 0 Å². The van der Waals surface area contributed by atoms with E-state index in [9.17, 15) is 19.2 Å². The summed E-state index contributed by atoms with van der Waals surface area (Å²) in [5.41, 5.74) is 0. The van der Waals surface area contributed by atoms with Crippen molar-refractivity contribution in [2.75, 3.05) is 92.5 Å². The smallest absolute Gasteiger partial charge is 0.303 e. The Labute approximate surface area is 735 Å². The van der Waals surface area contributed by atoms with Gasteiger partial charge < -0.3 is 128 Å². The summed E-state index contributed by atoms with van der Waals surface area (Å²) >= 11 is 0. The first-order valence-corrected chi connectivity index (χ1v) is 45.1. The second kappa shape index (κ2) is 136. The molecule has 29 heteroatoms. The molecule has 0 saturated heterocycles. The minimum atomic E-state index is -0.954. The van der Waals surface area contributed by atoms with Gasteiger partial charge in [-0.25, -0.2) is 0 Å². The lowest BCUT2D eigenvalue weighted by Crippen LogP contribution is -2.15. The molecule has 25 N–H and O–H groups in total. The molecule has 0 bridgehead atoms. The van der Waals surface area contributed by atoms with E-state index >= 15 is 0 Å². The van der Waals surface area contributed by atoms with Crippen LogP contribution in [-0.2, 0) is 19.2 Å². The average Bonchev–Trinajstić information content (AvgIpc) is 1.12. The van der Waals surface area contributed by atoms with Crippen molar-refractivity contribution < 1.29 is 147 Å². The first-order chi connectivity index (χ1) is 58.7. The highest BCUT2D eigenvalue weighted by molar-refractivity contribution is 5.67. The molecule has 29 nitrogen and oxygen atoms in total. The van der Waals surface area contributed by atoms with E-state index in [1.165, 1.54) is 180 Å². The molecule has 0 heterocycles. The largest absolute Gasteiger partial charge is 0.481 e. The van der Waals surface area contributed by atoms with Gasteiger partial charge in [0.25, 0.3) is 0 Å². The van der Waals surface area contributed by atoms with E-state index in [0.717, 1.165) is 103 Å². The molecular weight excluding hydrogens is 1580 g/mol. The van der Waals surface area contributed by atoms with E-state index in [0.29, 0.717) is 25.7 Å². The van der Waals surface area contributed by atoms with Crippen molar-refractivity contribution in [3.05, 3.63) is 97.2 Å². The molecule has 0 aliphatic carbocycles. The van der Waals surface area contributed by atoms with E-state index in [1.807, 2.05) is 0 Å². The van der Waals surface area contributed by atoms with Crippen molar-refractivity contribution in [2.45, 2.75) is 379 Å². The molecule has 0 unspecified atom stereocenters. The number of rotatable bonds is 70. The summed E-state index contributed by atoms with van der Waals surface area (Å²) in [6, 6.07) is 0. The van der Waals surface area contributed by atoms with E-state index in [2.05, 4.69) is 125 Å². The molecular formula is C93H184O29. The number of allylic oxidation sites excluding steroid dienone is 16. The van der Waals surface area contributed by atoms with Crippen LogP contribution in [0.5, 0.6) is 0 Å². The third-order valence-corrected chi connectivity index (χ3v) is 16.3. The lowest BCUT2D eigenvalue weighted by atomic mass is 10.1. The van der Waals surface area contributed by atoms with Crippen LogP contribution in [0.2, 0.25) is 0 Å². The summed E-state index contributed by atoms with van der Waals surface area (Å²) in [5, 5.41) is 202. The van der Waals surface area contributed by atoms with Crippen LogP contribution >= 0.6 is 0 Å². The Kier molecular flexibility index (Phi) is 157. The summed E-state index contributed by atoms with van der Waals surface area (Å²) in [5.74, 6) is -2.68. The van der Waals surface area contributed by atoms with Crippen molar-refractivity contribution in [3.8, 4) is 0 Å². The minimum absolute atomic E-state index is 0.324. The topological polar surface area (TPSA) is 574 Å². The highest BCUT2D eigenvalue weighted by atomic mass is 16.4. The number of carboxylic acid groups (broad SMARTS) is 4. The SMILES string of the molecule is CCCCC/C=C\C/C=C\CCCCCCCC(=O)O.CCCCC/C=C\C/C=C\CCCCCCCC(=O)O.CCCCC/C=C\C/C=C\CCCCCCCC(=O)O.CCCCC/C=C\C/C=C\CCCCCCCC(=O)O.OCC(O)CO.OCC(O)CO.OCC(O)CO.OCC(O)CO.OCC(O)CO.OCC(O)CO.OCC(O)CO. The van der Waals surface area contributed by atoms with Crippen molar-refractivity contribution in [1.82, 2.24) is 0 Å². The number of carbonyl (C=O) groups is 4. The van der Waals surface area contributed by atoms with Crippen molar-refractivity contribution in [3.63, 3.8) is 0 Å². The maximum Gasteiger partial charge on any atom is 0.303 e. The molecule has 0 aromatic rings. The maximum absolute atomic E-state index is 10.3. The first kappa shape index (κ1) is 140. The van der Waals surface area contributed by atoms with Crippen LogP contribution in [0, 0.1) is 0 Å². The molecule has 0 fully saturated rings. The van der Waals surface area contributed by atoms with E-state index in [-0.39, 0.29) is 92.5 Å². The zero-order valence-corrected chi connectivity index (χ0v) is 75.9. The average molecular weight is 1770 g/mol. The van der Waals surface area contributed by atoms with Gasteiger partial charge in [-0.1, -0.05) is 253 Å². The molecule has 0 spiro atoms. The lowest BCUT2D eigenvalue weighted by molar-refractivity contribution is -0.138. The first-order valence-electron chi connectivity index (χ1n) is 45.1. The standard InChI is InChI=1S/4C18H32O2.7C3H8O3/c4*1-2-3-4-5-6-7-8-9-10-11-12-13-14-15-16-17-18(19)20;7*4-1-3(6)2-5/h4*6-7,9-10H,2-5,8,11-17H2,1H3,(H,19,20);7*3-6H,1-2H2/b4*7-6-,10-9-;;;;;;;. The van der Waals surface area contributed by atoms with Crippen molar-refractivity contribution in [2.24, 2.45) is 0 Å². The summed E-state index contributed by atoms with van der Waals surface area (Å²) in [7, 11) is 0. The number of aliphatic hydroxyl groups excluding tert-OH is 21. The summed E-state index contributed by atoms with van der Waals surface area (Å²) < 4.78 is 0. The maximum atomic E-state index is 10.3. The number of aliphatic hydroxyl groups is 21. The number of unbranched alkanes of at least 4 members (excludes halogenated alkanes) is 32. The summed E-state index contributed by atoms with van der Waals surface area (Å²) in [6.45, 7) is 3.83. The van der Waals surface area contributed by atoms with Gasteiger partial charge in [-0.2, -0.15) is 0 Å². The van der Waals surface area contributed by atoms with Crippen LogP contribution in [0.1, 0.15) is 336 Å². The van der Waals surface area contributed by atoms with Gasteiger partial charge in [0, 0.05) is 25.7 Å². The Balaban J connectivity index is -0.000000129. The number of hydrogen-bond donors (Lipinski definition) is 25. The number of hydrogen-bond acceptors (Lipinski definition) is 25. The lowest BCUT2D eigenvalue weighted by Gasteiger charge is -1.98. The third-order valence-electron chi connectivity index (χ3n) is 16.3. The van der Waals surface area contributed by atoms with Gasteiger partial charge >= 0.3 is 23.9 Å². The Morgan fingerprint density at radius 2 is 0.279 bits per heavy atom. The van der Waals surface area contributed by atoms with Crippen LogP contribution in [-0.4, -0.2) is 287 Å². The summed E-state index contributed by atoms with van der Waals surface area (Å²) in [4.78, 5) is 41.3. The van der Waals surface area contributed by atoms with Crippen LogP contribution in [0.4, 0.5) is 0 Å². The second-order valence-electron chi connectivity index (χ2n) is 28.6. The third kappa shape index (κ3) is 180. The quantitative estimate of drug-likeness (QED) is 0.0199. The summed E-state index contributed by atoms with van der Waals surface area (Å²) in [6.07, 6.45) is 82.4. The monoisotopic (exact) mass is 1770 g/mol. The highest BCUT2D eigenvalue weighted by Gasteiger charge is 2.02. The van der Waals surface area contributed by atoms with Gasteiger partial charge in [0.1, 0.15) is 42.7 Å². The normalized spacial score (nSPS) is 11.1. The fraction of sp³-hybridized carbons (Fsp3) is 0.785. The predicted octanol–water partition coefficient (Wildman–Crippen LogP) is 11.9. The van der Waals surface area contributed by atoms with Crippen LogP contribution in [0.15, 0.2) is 97.2 Å². The molecule has 0 amide bonds. The second-order valence-corrected chi connectivity index (χ2v) is 28.6. The van der Waals surface area contributed by atoms with Crippen molar-refractivity contribution in [1.29, 1.82) is 0 Å². The minimum Gasteiger partial charge on any atom is -0.481 e. The van der Waals surface area contributed by atoms with Gasteiger partial charge in [-0.15, -0.1) is 0 Å². The van der Waals surface area contributed by atoms with Gasteiger partial charge in [-0.3, -0.25) is 19.2 Å². The fourth-order valence-electron chi connectivity index (χ4n) is 8.75. The zero-order valence-electron chi connectivity index (χ0n) is 75.9. The molecule has 0 aliphatic rings. The van der Waals surface area contributed by atoms with Gasteiger partial charge in [-0.05, 0) is 154 Å². The van der Waals surface area contributed by atoms with Crippen LogP contribution in [0.25, 0.3) is 0 Å². The van der Waals surface area contributed by atoms with Crippen LogP contribution < -0.4 is 0 Å². The van der Waals surface area contributed by atoms with Gasteiger partial charge in [0.15, 0.2) is 0 Å².